The maximum absolute atomic E-state index is 12.6. The second-order valence-corrected chi connectivity index (χ2v) is 7.92. The van der Waals surface area contributed by atoms with Crippen molar-refractivity contribution < 1.29 is 14.4 Å². The summed E-state index contributed by atoms with van der Waals surface area (Å²) in [7, 11) is 0. The van der Waals surface area contributed by atoms with Gasteiger partial charge in [-0.2, -0.15) is 0 Å². The van der Waals surface area contributed by atoms with Crippen LogP contribution in [0.25, 0.3) is 0 Å². The molecule has 7 heteroatoms. The van der Waals surface area contributed by atoms with Gasteiger partial charge in [-0.15, -0.1) is 0 Å². The first-order valence-corrected chi connectivity index (χ1v) is 9.91. The lowest BCUT2D eigenvalue weighted by Gasteiger charge is -2.18. The molecule has 1 unspecified atom stereocenters. The second kappa shape index (κ2) is 8.56. The van der Waals surface area contributed by atoms with Gasteiger partial charge in [-0.1, -0.05) is 26.0 Å². The molecule has 1 aliphatic heterocycles. The Morgan fingerprint density at radius 3 is 2.25 bits per heavy atom. The molecule has 1 fully saturated rings. The zero-order valence-corrected chi connectivity index (χ0v) is 17.3. The number of carbonyl (C=O) groups is 3. The Morgan fingerprint density at radius 1 is 1.04 bits per heavy atom. The number of amides is 3. The van der Waals surface area contributed by atoms with Crippen molar-refractivity contribution in [2.45, 2.75) is 20.3 Å². The van der Waals surface area contributed by atoms with Crippen LogP contribution in [0.15, 0.2) is 53.0 Å². The van der Waals surface area contributed by atoms with Crippen LogP contribution in [0.3, 0.4) is 0 Å². The molecule has 1 atom stereocenters. The highest BCUT2D eigenvalue weighted by atomic mass is 79.9. The van der Waals surface area contributed by atoms with Gasteiger partial charge >= 0.3 is 0 Å². The number of nitrogens with zero attached hydrogens (tertiary/aromatic N) is 1. The fraction of sp³-hybridized carbons (Fsp3) is 0.286. The normalized spacial score (nSPS) is 16.4. The summed E-state index contributed by atoms with van der Waals surface area (Å²) in [6, 6.07) is 14.4. The van der Waals surface area contributed by atoms with Crippen molar-refractivity contribution in [3.05, 3.63) is 53.0 Å². The van der Waals surface area contributed by atoms with Crippen molar-refractivity contribution >= 4 is 50.7 Å². The van der Waals surface area contributed by atoms with Crippen molar-refractivity contribution in [3.63, 3.8) is 0 Å². The summed E-state index contributed by atoms with van der Waals surface area (Å²) >= 11 is 3.45. The van der Waals surface area contributed by atoms with E-state index >= 15 is 0 Å². The van der Waals surface area contributed by atoms with Crippen LogP contribution in [0.4, 0.5) is 17.1 Å². The third-order valence-electron chi connectivity index (χ3n) is 4.58. The predicted octanol–water partition coefficient (Wildman–Crippen LogP) is 4.04. The number of rotatable bonds is 5. The second-order valence-electron chi connectivity index (χ2n) is 7.07. The van der Waals surface area contributed by atoms with Gasteiger partial charge in [-0.05, 0) is 52.3 Å². The van der Waals surface area contributed by atoms with E-state index in [0.717, 1.165) is 10.2 Å². The molecule has 0 aromatic heterocycles. The van der Waals surface area contributed by atoms with E-state index in [1.165, 1.54) is 0 Å². The summed E-state index contributed by atoms with van der Waals surface area (Å²) in [6.45, 7) is 3.99. The average molecular weight is 444 g/mol. The van der Waals surface area contributed by atoms with E-state index in [0.29, 0.717) is 17.9 Å². The highest BCUT2D eigenvalue weighted by Crippen LogP contribution is 2.31. The average Bonchev–Trinajstić information content (AvgIpc) is 3.05. The van der Waals surface area contributed by atoms with Gasteiger partial charge in [0.25, 0.3) is 0 Å². The number of anilines is 3. The van der Waals surface area contributed by atoms with Crippen molar-refractivity contribution in [2.24, 2.45) is 11.8 Å². The smallest absolute Gasteiger partial charge is 0.229 e. The van der Waals surface area contributed by atoms with Crippen molar-refractivity contribution in [3.8, 4) is 0 Å². The lowest BCUT2D eigenvalue weighted by atomic mass is 10.1. The molecule has 1 saturated heterocycles. The first-order chi connectivity index (χ1) is 13.3. The molecular weight excluding hydrogens is 422 g/mol. The van der Waals surface area contributed by atoms with Crippen LogP contribution in [0, 0.1) is 11.8 Å². The first kappa shape index (κ1) is 20.1. The number of halogens is 1. The zero-order chi connectivity index (χ0) is 20.3. The number of hydrogen-bond donors (Lipinski definition) is 2. The largest absolute Gasteiger partial charge is 0.326 e. The van der Waals surface area contributed by atoms with Gasteiger partial charge < -0.3 is 15.5 Å². The minimum absolute atomic E-state index is 0.0617. The summed E-state index contributed by atoms with van der Waals surface area (Å²) in [5.74, 6) is -0.846. The molecule has 0 saturated carbocycles. The van der Waals surface area contributed by atoms with Crippen molar-refractivity contribution in [1.29, 1.82) is 0 Å². The molecule has 2 N–H and O–H groups in total. The number of nitrogens with one attached hydrogen (secondary N) is 2. The minimum atomic E-state index is -0.417. The number of hydrogen-bond acceptors (Lipinski definition) is 3. The molecule has 1 aliphatic rings. The van der Waals surface area contributed by atoms with Crippen molar-refractivity contribution in [1.82, 2.24) is 0 Å². The highest BCUT2D eigenvalue weighted by Gasteiger charge is 2.35. The number of carbonyl (C=O) groups excluding carboxylic acids is 3. The van der Waals surface area contributed by atoms with Crippen LogP contribution < -0.4 is 15.5 Å². The topological polar surface area (TPSA) is 78.5 Å². The van der Waals surface area contributed by atoms with Gasteiger partial charge in [-0.3, -0.25) is 14.4 Å². The van der Waals surface area contributed by atoms with E-state index in [9.17, 15) is 14.4 Å². The molecular formula is C21H22BrN3O3. The lowest BCUT2D eigenvalue weighted by molar-refractivity contribution is -0.122. The summed E-state index contributed by atoms with van der Waals surface area (Å²) in [4.78, 5) is 38.4. The van der Waals surface area contributed by atoms with Gasteiger partial charge in [0.15, 0.2) is 0 Å². The van der Waals surface area contributed by atoms with Gasteiger partial charge in [0.05, 0.1) is 11.6 Å². The Labute approximate surface area is 172 Å². The van der Waals surface area contributed by atoms with E-state index in [-0.39, 0.29) is 30.1 Å². The van der Waals surface area contributed by atoms with E-state index in [1.54, 1.807) is 29.2 Å². The fourth-order valence-corrected chi connectivity index (χ4v) is 3.45. The number of para-hydroxylation sites is 1. The molecule has 3 amide bonds. The van der Waals surface area contributed by atoms with Crippen molar-refractivity contribution in [2.75, 3.05) is 22.1 Å². The van der Waals surface area contributed by atoms with Crippen LogP contribution in [-0.4, -0.2) is 24.3 Å². The first-order valence-electron chi connectivity index (χ1n) is 9.12. The Kier molecular flexibility index (Phi) is 6.14. The summed E-state index contributed by atoms with van der Waals surface area (Å²) < 4.78 is 0.823. The van der Waals surface area contributed by atoms with E-state index in [4.69, 9.17) is 0 Å². The Balaban J connectivity index is 1.62. The molecule has 1 heterocycles. The minimum Gasteiger partial charge on any atom is -0.326 e. The summed E-state index contributed by atoms with van der Waals surface area (Å²) in [5.41, 5.74) is 2.07. The van der Waals surface area contributed by atoms with Crippen LogP contribution in [0.2, 0.25) is 0 Å². The predicted molar refractivity (Wildman–Crippen MR) is 113 cm³/mol. The molecule has 3 rings (SSSR count). The molecule has 146 valence electrons. The lowest BCUT2D eigenvalue weighted by Crippen LogP contribution is -2.28. The van der Waals surface area contributed by atoms with E-state index in [1.807, 2.05) is 38.1 Å². The Hall–Kier alpha value is -2.67. The molecule has 0 radical (unpaired) electrons. The molecule has 2 aromatic rings. The van der Waals surface area contributed by atoms with Gasteiger partial charge in [0, 0.05) is 34.7 Å². The summed E-state index contributed by atoms with van der Waals surface area (Å²) in [6.07, 6.45) is 0.176. The third-order valence-corrected chi connectivity index (χ3v) is 5.25. The molecule has 0 aliphatic carbocycles. The third kappa shape index (κ3) is 4.59. The standard InChI is InChI=1S/C21H22BrN3O3/c1-13(2)20(27)23-15-7-9-16(10-8-15)24-21(28)14-11-19(26)25(12-14)18-6-4-3-5-17(18)22/h3-10,13-14H,11-12H2,1-2H3,(H,23,27)(H,24,28). The van der Waals surface area contributed by atoms with Crippen LogP contribution in [-0.2, 0) is 14.4 Å². The van der Waals surface area contributed by atoms with Crippen LogP contribution >= 0.6 is 15.9 Å². The molecule has 28 heavy (non-hydrogen) atoms. The van der Waals surface area contributed by atoms with Crippen LogP contribution in [0.5, 0.6) is 0 Å². The van der Waals surface area contributed by atoms with Gasteiger partial charge in [-0.25, -0.2) is 0 Å². The maximum atomic E-state index is 12.6. The quantitative estimate of drug-likeness (QED) is 0.731. The SMILES string of the molecule is CC(C)C(=O)Nc1ccc(NC(=O)C2CC(=O)N(c3ccccc3Br)C2)cc1. The molecule has 0 spiro atoms. The fourth-order valence-electron chi connectivity index (χ4n) is 2.95. The summed E-state index contributed by atoms with van der Waals surface area (Å²) in [5, 5.41) is 5.66. The van der Waals surface area contributed by atoms with Gasteiger partial charge in [0.2, 0.25) is 17.7 Å². The number of benzene rings is 2. The highest BCUT2D eigenvalue weighted by molar-refractivity contribution is 9.10. The monoisotopic (exact) mass is 443 g/mol. The molecule has 0 bridgehead atoms. The van der Waals surface area contributed by atoms with Crippen LogP contribution in [0.1, 0.15) is 20.3 Å². The van der Waals surface area contributed by atoms with E-state index in [2.05, 4.69) is 26.6 Å². The molecule has 6 nitrogen and oxygen atoms in total. The van der Waals surface area contributed by atoms with Gasteiger partial charge in [0.1, 0.15) is 0 Å². The zero-order valence-electron chi connectivity index (χ0n) is 15.7. The maximum Gasteiger partial charge on any atom is 0.229 e. The molecule has 2 aromatic carbocycles. The Morgan fingerprint density at radius 2 is 1.64 bits per heavy atom. The Bertz CT molecular complexity index is 896. The van der Waals surface area contributed by atoms with E-state index < -0.39 is 5.92 Å².